The summed E-state index contributed by atoms with van der Waals surface area (Å²) in [6, 6.07) is 1.39. The van der Waals surface area contributed by atoms with Crippen molar-refractivity contribution in [2.24, 2.45) is 5.92 Å². The molecule has 1 saturated heterocycles. The van der Waals surface area contributed by atoms with Crippen LogP contribution in [0.1, 0.15) is 35.8 Å². The Morgan fingerprint density at radius 3 is 2.82 bits per heavy atom. The molecule has 1 atom stereocenters. The first-order valence-corrected chi connectivity index (χ1v) is 7.83. The monoisotopic (exact) mass is 307 g/mol. The lowest BCUT2D eigenvalue weighted by molar-refractivity contribution is 0.0794. The van der Waals surface area contributed by atoms with Crippen molar-refractivity contribution in [3.8, 4) is 0 Å². The van der Waals surface area contributed by atoms with Crippen molar-refractivity contribution in [3.05, 3.63) is 33.7 Å². The zero-order valence-electron chi connectivity index (χ0n) is 13.3. The molecule has 2 rings (SSSR count). The van der Waals surface area contributed by atoms with Crippen LogP contribution in [0.4, 0.5) is 0 Å². The second kappa shape index (κ2) is 7.56. The lowest BCUT2D eigenvalue weighted by Crippen LogP contribution is -2.43. The van der Waals surface area contributed by atoms with Crippen molar-refractivity contribution in [1.82, 2.24) is 15.2 Å². The van der Waals surface area contributed by atoms with E-state index in [1.165, 1.54) is 12.3 Å². The van der Waals surface area contributed by atoms with Crippen LogP contribution in [-0.2, 0) is 0 Å². The molecule has 1 aromatic rings. The molecule has 1 aliphatic rings. The summed E-state index contributed by atoms with van der Waals surface area (Å²) in [6.45, 7) is 6.68. The van der Waals surface area contributed by atoms with Gasteiger partial charge in [-0.1, -0.05) is 6.92 Å². The molecule has 0 aliphatic carbocycles. The van der Waals surface area contributed by atoms with Crippen LogP contribution < -0.4 is 10.7 Å². The summed E-state index contributed by atoms with van der Waals surface area (Å²) in [4.78, 5) is 28.7. The maximum Gasteiger partial charge on any atom is 0.256 e. The number of β-amino-alcohol motifs (C(OH)–C–C–N with tert-alkyl or cyclic N) is 1. The van der Waals surface area contributed by atoms with E-state index in [-0.39, 0.29) is 17.5 Å². The number of nitrogens with one attached hydrogen (secondary N) is 2. The van der Waals surface area contributed by atoms with Gasteiger partial charge in [0.2, 0.25) is 0 Å². The van der Waals surface area contributed by atoms with Crippen molar-refractivity contribution in [3.63, 3.8) is 0 Å². The van der Waals surface area contributed by atoms with Crippen LogP contribution in [0.5, 0.6) is 0 Å². The van der Waals surface area contributed by atoms with Crippen LogP contribution in [0.25, 0.3) is 0 Å². The summed E-state index contributed by atoms with van der Waals surface area (Å²) in [5, 5.41) is 12.7. The number of likely N-dealkylation sites (tertiary alicyclic amines) is 1. The number of pyridine rings is 1. The fourth-order valence-electron chi connectivity index (χ4n) is 2.66. The quantitative estimate of drug-likeness (QED) is 0.740. The van der Waals surface area contributed by atoms with E-state index >= 15 is 0 Å². The molecule has 1 fully saturated rings. The highest BCUT2D eigenvalue weighted by atomic mass is 16.3. The average Bonchev–Trinajstić information content (AvgIpc) is 2.47. The maximum atomic E-state index is 12.0. The van der Waals surface area contributed by atoms with Gasteiger partial charge in [0.05, 0.1) is 6.10 Å². The molecule has 0 radical (unpaired) electrons. The number of nitrogens with zero attached hydrogens (tertiary/aromatic N) is 1. The number of aliphatic hydroxyl groups excluding tert-OH is 1. The van der Waals surface area contributed by atoms with E-state index in [2.05, 4.69) is 22.1 Å². The Hall–Kier alpha value is -1.66. The SMILES string of the molecule is Cc1cc(=O)c(C(=O)NCC(O)CN2CCC(C)CC2)c[nH]1. The molecule has 1 amide bonds. The number of carbonyl (C=O) groups excluding carboxylic acids is 1. The summed E-state index contributed by atoms with van der Waals surface area (Å²) in [5.41, 5.74) is 0.471. The highest BCUT2D eigenvalue weighted by Gasteiger charge is 2.19. The number of rotatable bonds is 5. The molecule has 0 aromatic carbocycles. The van der Waals surface area contributed by atoms with Crippen molar-refractivity contribution >= 4 is 5.91 Å². The molecule has 2 heterocycles. The minimum absolute atomic E-state index is 0.0737. The minimum atomic E-state index is -0.623. The lowest BCUT2D eigenvalue weighted by Gasteiger charge is -2.31. The third-order valence-corrected chi connectivity index (χ3v) is 4.15. The average molecular weight is 307 g/mol. The molecule has 0 spiro atoms. The Balaban J connectivity index is 1.79. The molecule has 6 heteroatoms. The molecule has 22 heavy (non-hydrogen) atoms. The Morgan fingerprint density at radius 2 is 2.18 bits per heavy atom. The zero-order valence-corrected chi connectivity index (χ0v) is 13.3. The van der Waals surface area contributed by atoms with Gasteiger partial charge in [-0.3, -0.25) is 9.59 Å². The number of hydrogen-bond donors (Lipinski definition) is 3. The van der Waals surface area contributed by atoms with E-state index in [4.69, 9.17) is 0 Å². The molecule has 6 nitrogen and oxygen atoms in total. The van der Waals surface area contributed by atoms with Crippen LogP contribution in [0, 0.1) is 12.8 Å². The van der Waals surface area contributed by atoms with Gasteiger partial charge in [-0.15, -0.1) is 0 Å². The Kier molecular flexibility index (Phi) is 5.74. The number of hydrogen-bond acceptors (Lipinski definition) is 4. The van der Waals surface area contributed by atoms with Gasteiger partial charge in [0.25, 0.3) is 5.91 Å². The first-order valence-electron chi connectivity index (χ1n) is 7.83. The molecule has 1 aliphatic heterocycles. The third-order valence-electron chi connectivity index (χ3n) is 4.15. The van der Waals surface area contributed by atoms with Crippen LogP contribution in [0.3, 0.4) is 0 Å². The van der Waals surface area contributed by atoms with Crippen LogP contribution in [0.2, 0.25) is 0 Å². The van der Waals surface area contributed by atoms with Gasteiger partial charge < -0.3 is 20.3 Å². The molecule has 122 valence electrons. The Labute approximate surface area is 130 Å². The number of aromatic nitrogens is 1. The smallest absolute Gasteiger partial charge is 0.256 e. The molecule has 0 bridgehead atoms. The fraction of sp³-hybridized carbons (Fsp3) is 0.625. The first kappa shape index (κ1) is 16.7. The van der Waals surface area contributed by atoms with Gasteiger partial charge in [0.15, 0.2) is 5.43 Å². The molecule has 1 aromatic heterocycles. The standard InChI is InChI=1S/C16H25N3O3/c1-11-3-5-19(6-4-11)10-13(20)8-18-16(22)14-9-17-12(2)7-15(14)21/h7,9,11,13,20H,3-6,8,10H2,1-2H3,(H,17,21)(H,18,22). The van der Waals surface area contributed by atoms with Crippen molar-refractivity contribution in [2.75, 3.05) is 26.2 Å². The van der Waals surface area contributed by atoms with Crippen molar-refractivity contribution in [1.29, 1.82) is 0 Å². The number of carbonyl (C=O) groups is 1. The summed E-state index contributed by atoms with van der Waals surface area (Å²) in [6.07, 6.45) is 3.09. The Bertz CT molecular complexity index is 562. The normalized spacial score (nSPS) is 18.1. The van der Waals surface area contributed by atoms with Crippen LogP contribution >= 0.6 is 0 Å². The highest BCUT2D eigenvalue weighted by Crippen LogP contribution is 2.15. The summed E-state index contributed by atoms with van der Waals surface area (Å²) >= 11 is 0. The van der Waals surface area contributed by atoms with E-state index in [0.29, 0.717) is 12.2 Å². The predicted molar refractivity (Wildman–Crippen MR) is 85.0 cm³/mol. The van der Waals surface area contributed by atoms with E-state index in [0.717, 1.165) is 31.8 Å². The van der Waals surface area contributed by atoms with Gasteiger partial charge in [-0.05, 0) is 38.8 Å². The van der Waals surface area contributed by atoms with Gasteiger partial charge in [-0.2, -0.15) is 0 Å². The topological polar surface area (TPSA) is 85.4 Å². The van der Waals surface area contributed by atoms with Crippen LogP contribution in [-0.4, -0.2) is 53.2 Å². The number of H-pyrrole nitrogens is 1. The third kappa shape index (κ3) is 4.68. The number of aryl methyl sites for hydroxylation is 1. The summed E-state index contributed by atoms with van der Waals surface area (Å²) in [5.74, 6) is 0.300. The van der Waals surface area contributed by atoms with E-state index in [1.54, 1.807) is 6.92 Å². The van der Waals surface area contributed by atoms with Gasteiger partial charge >= 0.3 is 0 Å². The second-order valence-electron chi connectivity index (χ2n) is 6.24. The summed E-state index contributed by atoms with van der Waals surface area (Å²) < 4.78 is 0. The minimum Gasteiger partial charge on any atom is -0.390 e. The van der Waals surface area contributed by atoms with E-state index in [9.17, 15) is 14.7 Å². The highest BCUT2D eigenvalue weighted by molar-refractivity contribution is 5.93. The molecular formula is C16H25N3O3. The van der Waals surface area contributed by atoms with Crippen molar-refractivity contribution in [2.45, 2.75) is 32.8 Å². The van der Waals surface area contributed by atoms with Gasteiger partial charge in [0.1, 0.15) is 5.56 Å². The van der Waals surface area contributed by atoms with Gasteiger partial charge in [-0.25, -0.2) is 0 Å². The first-order chi connectivity index (χ1) is 10.5. The number of aliphatic hydroxyl groups is 1. The van der Waals surface area contributed by atoms with Crippen molar-refractivity contribution < 1.29 is 9.90 Å². The van der Waals surface area contributed by atoms with E-state index in [1.807, 2.05) is 0 Å². The maximum absolute atomic E-state index is 12.0. The molecular weight excluding hydrogens is 282 g/mol. The molecule has 0 saturated carbocycles. The van der Waals surface area contributed by atoms with Gasteiger partial charge in [0, 0.05) is 31.0 Å². The number of piperidine rings is 1. The lowest BCUT2D eigenvalue weighted by atomic mass is 9.99. The zero-order chi connectivity index (χ0) is 16.1. The predicted octanol–water partition coefficient (Wildman–Crippen LogP) is 0.506. The second-order valence-corrected chi connectivity index (χ2v) is 6.24. The molecule has 1 unspecified atom stereocenters. The Morgan fingerprint density at radius 1 is 1.50 bits per heavy atom. The fourth-order valence-corrected chi connectivity index (χ4v) is 2.66. The molecule has 3 N–H and O–H groups in total. The number of aromatic amines is 1. The largest absolute Gasteiger partial charge is 0.390 e. The summed E-state index contributed by atoms with van der Waals surface area (Å²) in [7, 11) is 0. The van der Waals surface area contributed by atoms with E-state index < -0.39 is 12.0 Å². The van der Waals surface area contributed by atoms with Crippen LogP contribution in [0.15, 0.2) is 17.1 Å². The number of amides is 1.